The summed E-state index contributed by atoms with van der Waals surface area (Å²) in [5.74, 6) is -2.19. The third kappa shape index (κ3) is 6.54. The summed E-state index contributed by atoms with van der Waals surface area (Å²) in [6.07, 6.45) is 7.46. The second kappa shape index (κ2) is 11.3. The minimum Gasteiger partial charge on any atom is -0.493 e. The number of carbonyl (C=O) groups is 2. The zero-order valence-electron chi connectivity index (χ0n) is 17.7. The largest absolute Gasteiger partial charge is 0.493 e. The second-order valence-corrected chi connectivity index (χ2v) is 7.50. The van der Waals surface area contributed by atoms with E-state index in [0.29, 0.717) is 22.6 Å². The van der Waals surface area contributed by atoms with Gasteiger partial charge in [0.25, 0.3) is 5.91 Å². The molecule has 2 aromatic rings. The van der Waals surface area contributed by atoms with Crippen LogP contribution in [0.15, 0.2) is 42.5 Å². The molecule has 0 heterocycles. The summed E-state index contributed by atoms with van der Waals surface area (Å²) >= 11 is 0. The van der Waals surface area contributed by atoms with Crippen LogP contribution in [-0.2, 0) is 21.0 Å². The number of carbonyl (C=O) groups excluding carboxylic acids is 2. The summed E-state index contributed by atoms with van der Waals surface area (Å²) in [5, 5.41) is 0. The highest BCUT2D eigenvalue weighted by molar-refractivity contribution is 5.92. The number of hydroxylamine groups is 1. The first-order valence-corrected chi connectivity index (χ1v) is 10.4. The molecule has 1 saturated carbocycles. The van der Waals surface area contributed by atoms with Crippen molar-refractivity contribution >= 4 is 18.0 Å². The normalized spacial score (nSPS) is 14.2. The van der Waals surface area contributed by atoms with Crippen LogP contribution < -0.4 is 15.0 Å². The number of methoxy groups -OCH3 is 1. The van der Waals surface area contributed by atoms with E-state index < -0.39 is 23.5 Å². The number of halogens is 2. The van der Waals surface area contributed by atoms with Crippen LogP contribution >= 0.6 is 0 Å². The Hall–Kier alpha value is -3.42. The third-order valence-corrected chi connectivity index (χ3v) is 5.18. The van der Waals surface area contributed by atoms with Gasteiger partial charge in [-0.25, -0.2) is 13.6 Å². The Morgan fingerprint density at radius 1 is 1.03 bits per heavy atom. The van der Waals surface area contributed by atoms with Crippen molar-refractivity contribution in [3.05, 3.63) is 65.2 Å². The fourth-order valence-corrected chi connectivity index (χ4v) is 3.43. The molecule has 0 saturated heterocycles. The van der Waals surface area contributed by atoms with Crippen molar-refractivity contribution in [1.29, 1.82) is 0 Å². The molecule has 1 aliphatic carbocycles. The Balaban J connectivity index is 1.53. The van der Waals surface area contributed by atoms with Crippen molar-refractivity contribution in [2.75, 3.05) is 7.11 Å². The van der Waals surface area contributed by atoms with Crippen molar-refractivity contribution in [3.8, 4) is 11.5 Å². The molecule has 0 spiro atoms. The molecule has 0 aliphatic heterocycles. The Morgan fingerprint density at radius 3 is 2.53 bits per heavy atom. The highest BCUT2D eigenvalue weighted by Gasteiger charge is 2.23. The van der Waals surface area contributed by atoms with Gasteiger partial charge in [-0.2, -0.15) is 5.48 Å². The topological polar surface area (TPSA) is 73.9 Å². The second-order valence-electron chi connectivity index (χ2n) is 7.50. The van der Waals surface area contributed by atoms with E-state index in [9.17, 15) is 18.4 Å². The van der Waals surface area contributed by atoms with Gasteiger partial charge in [0.15, 0.2) is 23.1 Å². The molecule has 8 heteroatoms. The van der Waals surface area contributed by atoms with Crippen LogP contribution in [0.3, 0.4) is 0 Å². The Kier molecular flexibility index (Phi) is 8.19. The molecule has 1 amide bonds. The molecular formula is C24H25F2NO5. The van der Waals surface area contributed by atoms with E-state index in [1.54, 1.807) is 18.2 Å². The first kappa shape index (κ1) is 23.2. The predicted molar refractivity (Wildman–Crippen MR) is 114 cm³/mol. The first-order valence-electron chi connectivity index (χ1n) is 10.4. The summed E-state index contributed by atoms with van der Waals surface area (Å²) in [4.78, 5) is 28.8. The molecular weight excluding hydrogens is 420 g/mol. The molecule has 0 unspecified atom stereocenters. The predicted octanol–water partition coefficient (Wildman–Crippen LogP) is 4.72. The van der Waals surface area contributed by atoms with Gasteiger partial charge in [0.05, 0.1) is 13.0 Å². The lowest BCUT2D eigenvalue weighted by Gasteiger charge is -2.19. The van der Waals surface area contributed by atoms with Crippen LogP contribution in [0.1, 0.15) is 43.2 Å². The highest BCUT2D eigenvalue weighted by Crippen LogP contribution is 2.29. The molecule has 0 radical (unpaired) electrons. The molecule has 0 atom stereocenters. The van der Waals surface area contributed by atoms with Crippen LogP contribution in [0.4, 0.5) is 8.78 Å². The van der Waals surface area contributed by atoms with Crippen molar-refractivity contribution in [2.45, 2.75) is 38.7 Å². The molecule has 1 N–H and O–H groups in total. The van der Waals surface area contributed by atoms with Gasteiger partial charge in [0.2, 0.25) is 0 Å². The maximum atomic E-state index is 13.3. The van der Waals surface area contributed by atoms with Crippen LogP contribution in [-0.4, -0.2) is 19.0 Å². The molecule has 32 heavy (non-hydrogen) atoms. The number of hydrogen-bond donors (Lipinski definition) is 1. The van der Waals surface area contributed by atoms with Crippen LogP contribution in [0.25, 0.3) is 6.08 Å². The zero-order chi connectivity index (χ0) is 22.9. The van der Waals surface area contributed by atoms with E-state index >= 15 is 0 Å². The first-order chi connectivity index (χ1) is 15.5. The summed E-state index contributed by atoms with van der Waals surface area (Å²) < 4.78 is 37.3. The minimum absolute atomic E-state index is 0.0253. The van der Waals surface area contributed by atoms with E-state index in [0.717, 1.165) is 44.2 Å². The fourth-order valence-electron chi connectivity index (χ4n) is 3.43. The van der Waals surface area contributed by atoms with Crippen LogP contribution in [0.5, 0.6) is 11.5 Å². The Labute approximate surface area is 185 Å². The number of nitrogens with one attached hydrogen (secondary N) is 1. The number of rotatable bonds is 7. The SMILES string of the molecule is COc1cc(/C=C/C(=O)NOC(=O)C2CCCCC2)ccc1OCc1ccc(F)c(F)c1. The number of ether oxygens (including phenoxy) is 2. The fraction of sp³-hybridized carbons (Fsp3) is 0.333. The lowest BCUT2D eigenvalue weighted by atomic mass is 9.89. The summed E-state index contributed by atoms with van der Waals surface area (Å²) in [7, 11) is 1.46. The van der Waals surface area contributed by atoms with Gasteiger partial charge in [-0.15, -0.1) is 0 Å². The van der Waals surface area contributed by atoms with Gasteiger partial charge in [-0.3, -0.25) is 4.79 Å². The smallest absolute Gasteiger partial charge is 0.335 e. The van der Waals surface area contributed by atoms with Crippen molar-refractivity contribution in [1.82, 2.24) is 5.48 Å². The standard InChI is InChI=1S/C24H25F2NO5/c1-30-22-14-16(8-11-21(22)31-15-17-7-10-19(25)20(26)13-17)9-12-23(28)27-32-24(29)18-5-3-2-4-6-18/h7-14,18H,2-6,15H2,1H3,(H,27,28)/b12-9+. The Morgan fingerprint density at radius 2 is 1.81 bits per heavy atom. The average Bonchev–Trinajstić information content (AvgIpc) is 2.82. The van der Waals surface area contributed by atoms with Gasteiger partial charge in [0, 0.05) is 6.08 Å². The number of amides is 1. The van der Waals surface area contributed by atoms with Crippen molar-refractivity contribution in [3.63, 3.8) is 0 Å². The zero-order valence-corrected chi connectivity index (χ0v) is 17.7. The highest BCUT2D eigenvalue weighted by atomic mass is 19.2. The lowest BCUT2D eigenvalue weighted by Crippen LogP contribution is -2.30. The molecule has 1 aliphatic rings. The molecule has 2 aromatic carbocycles. The van der Waals surface area contributed by atoms with Gasteiger partial charge < -0.3 is 14.3 Å². The monoisotopic (exact) mass is 445 g/mol. The van der Waals surface area contributed by atoms with Crippen LogP contribution in [0.2, 0.25) is 0 Å². The molecule has 0 aromatic heterocycles. The summed E-state index contributed by atoms with van der Waals surface area (Å²) in [6.45, 7) is 0.0253. The van der Waals surface area contributed by atoms with Gasteiger partial charge in [-0.1, -0.05) is 31.4 Å². The average molecular weight is 445 g/mol. The van der Waals surface area contributed by atoms with E-state index in [4.69, 9.17) is 14.3 Å². The summed E-state index contributed by atoms with van der Waals surface area (Å²) in [6, 6.07) is 8.52. The quantitative estimate of drug-likeness (QED) is 0.493. The van der Waals surface area contributed by atoms with E-state index in [-0.39, 0.29) is 12.5 Å². The summed E-state index contributed by atoms with van der Waals surface area (Å²) in [5.41, 5.74) is 3.26. The maximum absolute atomic E-state index is 13.3. The molecule has 1 fully saturated rings. The van der Waals surface area contributed by atoms with Crippen LogP contribution in [0, 0.1) is 17.6 Å². The van der Waals surface area contributed by atoms with Gasteiger partial charge >= 0.3 is 5.97 Å². The maximum Gasteiger partial charge on any atom is 0.335 e. The van der Waals surface area contributed by atoms with Gasteiger partial charge in [-0.05, 0) is 54.3 Å². The van der Waals surface area contributed by atoms with E-state index in [1.165, 1.54) is 25.3 Å². The number of benzene rings is 2. The van der Waals surface area contributed by atoms with Crippen molar-refractivity contribution in [2.24, 2.45) is 5.92 Å². The third-order valence-electron chi connectivity index (χ3n) is 5.18. The molecule has 170 valence electrons. The van der Waals surface area contributed by atoms with E-state index in [1.807, 2.05) is 0 Å². The molecule has 3 rings (SSSR count). The molecule has 0 bridgehead atoms. The number of hydrogen-bond acceptors (Lipinski definition) is 5. The van der Waals surface area contributed by atoms with Gasteiger partial charge in [0.1, 0.15) is 6.61 Å². The Bertz CT molecular complexity index is 986. The lowest BCUT2D eigenvalue weighted by molar-refractivity contribution is -0.161. The minimum atomic E-state index is -0.943. The molecule has 6 nitrogen and oxygen atoms in total. The van der Waals surface area contributed by atoms with Crippen molar-refractivity contribution < 1.29 is 32.7 Å². The van der Waals surface area contributed by atoms with E-state index in [2.05, 4.69) is 5.48 Å².